The van der Waals surface area contributed by atoms with Gasteiger partial charge in [0.15, 0.2) is 0 Å². The quantitative estimate of drug-likeness (QED) is 0.134. The van der Waals surface area contributed by atoms with Gasteiger partial charge in [0.1, 0.15) is 13.2 Å². The highest BCUT2D eigenvalue weighted by Crippen LogP contribution is 2.10. The lowest BCUT2D eigenvalue weighted by Crippen LogP contribution is -2.15. The Morgan fingerprint density at radius 2 is 0.774 bits per heavy atom. The summed E-state index contributed by atoms with van der Waals surface area (Å²) in [6.45, 7) is 6.55. The number of esters is 2. The molecule has 0 aliphatic carbocycles. The van der Waals surface area contributed by atoms with Crippen LogP contribution in [0.2, 0.25) is 0 Å². The second-order valence-corrected chi connectivity index (χ2v) is 8.05. The molecule has 0 spiro atoms. The van der Waals surface area contributed by atoms with Gasteiger partial charge in [0.05, 0.1) is 26.4 Å². The van der Waals surface area contributed by atoms with Crippen molar-refractivity contribution >= 4 is 11.9 Å². The van der Waals surface area contributed by atoms with Crippen LogP contribution in [0.25, 0.3) is 0 Å². The van der Waals surface area contributed by atoms with Gasteiger partial charge in [-0.1, -0.05) is 84.5 Å². The van der Waals surface area contributed by atoms with Gasteiger partial charge in [-0.05, 0) is 12.8 Å². The molecule has 0 aromatic heterocycles. The minimum atomic E-state index is -0.153. The van der Waals surface area contributed by atoms with Crippen LogP contribution in [0, 0.1) is 0 Å². The maximum atomic E-state index is 11.7. The van der Waals surface area contributed by atoms with Crippen LogP contribution in [0.4, 0.5) is 0 Å². The lowest BCUT2D eigenvalue weighted by molar-refractivity contribution is -0.147. The van der Waals surface area contributed by atoms with Crippen LogP contribution in [-0.4, -0.2) is 51.6 Å². The summed E-state index contributed by atoms with van der Waals surface area (Å²) in [6.07, 6.45) is 16.4. The largest absolute Gasteiger partial charge is 0.463 e. The summed E-state index contributed by atoms with van der Waals surface area (Å²) in [4.78, 5) is 23.1. The van der Waals surface area contributed by atoms with Crippen molar-refractivity contribution in [3.05, 3.63) is 0 Å². The molecule has 0 radical (unpaired) electrons. The van der Waals surface area contributed by atoms with E-state index in [0.29, 0.717) is 39.3 Å². The van der Waals surface area contributed by atoms with Gasteiger partial charge in [-0.25, -0.2) is 0 Å². The van der Waals surface area contributed by atoms with E-state index in [1.54, 1.807) is 0 Å². The van der Waals surface area contributed by atoms with Crippen molar-refractivity contribution < 1.29 is 28.5 Å². The molecule has 0 bridgehead atoms. The summed E-state index contributed by atoms with van der Waals surface area (Å²) in [5.74, 6) is -0.292. The summed E-state index contributed by atoms with van der Waals surface area (Å²) in [7, 11) is 0. The fraction of sp³-hybridized carbons (Fsp3) is 0.920. The van der Waals surface area contributed by atoms with Gasteiger partial charge in [-0.2, -0.15) is 0 Å². The Hall–Kier alpha value is -1.14. The molecule has 0 N–H and O–H groups in total. The maximum Gasteiger partial charge on any atom is 0.305 e. The van der Waals surface area contributed by atoms with E-state index >= 15 is 0 Å². The average molecular weight is 445 g/mol. The Balaban J connectivity index is 3.22. The first-order valence-electron chi connectivity index (χ1n) is 12.7. The van der Waals surface area contributed by atoms with Crippen molar-refractivity contribution in [3.63, 3.8) is 0 Å². The van der Waals surface area contributed by atoms with E-state index in [1.807, 2.05) is 0 Å². The molecule has 0 aromatic carbocycles. The summed E-state index contributed by atoms with van der Waals surface area (Å²) < 4.78 is 21.0. The minimum absolute atomic E-state index is 0.140. The van der Waals surface area contributed by atoms with Gasteiger partial charge < -0.3 is 18.9 Å². The third-order valence-corrected chi connectivity index (χ3v) is 5.07. The lowest BCUT2D eigenvalue weighted by Gasteiger charge is -2.08. The Morgan fingerprint density at radius 3 is 1.19 bits per heavy atom. The number of hydrogen-bond donors (Lipinski definition) is 0. The third-order valence-electron chi connectivity index (χ3n) is 5.07. The van der Waals surface area contributed by atoms with E-state index in [9.17, 15) is 9.59 Å². The highest BCUT2D eigenvalue weighted by Gasteiger charge is 2.03. The van der Waals surface area contributed by atoms with Crippen LogP contribution in [0.15, 0.2) is 0 Å². The van der Waals surface area contributed by atoms with Gasteiger partial charge in [0.2, 0.25) is 0 Å². The average Bonchev–Trinajstić information content (AvgIpc) is 2.76. The van der Waals surface area contributed by atoms with Crippen molar-refractivity contribution in [1.29, 1.82) is 0 Å². The fourth-order valence-corrected chi connectivity index (χ4v) is 3.17. The summed E-state index contributed by atoms with van der Waals surface area (Å²) in [5.41, 5.74) is 0. The molecule has 0 atom stereocenters. The van der Waals surface area contributed by atoms with Crippen LogP contribution < -0.4 is 0 Å². The number of rotatable bonds is 24. The van der Waals surface area contributed by atoms with Gasteiger partial charge in [0, 0.05) is 12.8 Å². The zero-order valence-electron chi connectivity index (χ0n) is 20.3. The molecule has 184 valence electrons. The highest BCUT2D eigenvalue weighted by molar-refractivity contribution is 5.69. The zero-order valence-corrected chi connectivity index (χ0v) is 20.3. The number of ether oxygens (including phenoxy) is 4. The zero-order chi connectivity index (χ0) is 22.8. The summed E-state index contributed by atoms with van der Waals surface area (Å²) in [6, 6.07) is 0. The molecular weight excluding hydrogens is 396 g/mol. The summed E-state index contributed by atoms with van der Waals surface area (Å²) >= 11 is 0. The molecule has 0 heterocycles. The normalized spacial score (nSPS) is 10.9. The molecule has 0 unspecified atom stereocenters. The van der Waals surface area contributed by atoms with E-state index in [0.717, 1.165) is 38.5 Å². The second-order valence-electron chi connectivity index (χ2n) is 8.05. The Labute approximate surface area is 190 Å². The van der Waals surface area contributed by atoms with E-state index in [2.05, 4.69) is 13.8 Å². The van der Waals surface area contributed by atoms with E-state index in [1.165, 1.54) is 44.9 Å². The van der Waals surface area contributed by atoms with E-state index in [4.69, 9.17) is 18.9 Å². The molecule has 0 saturated heterocycles. The minimum Gasteiger partial charge on any atom is -0.463 e. The predicted molar refractivity (Wildman–Crippen MR) is 124 cm³/mol. The first-order chi connectivity index (χ1) is 15.2. The SMILES string of the molecule is CCCCCCCCCCCC(=O)OCCOCCOCCOC(=O)CCCCCC. The molecule has 0 aliphatic heterocycles. The van der Waals surface area contributed by atoms with E-state index in [-0.39, 0.29) is 25.2 Å². The summed E-state index contributed by atoms with van der Waals surface area (Å²) in [5, 5.41) is 0. The molecule has 0 rings (SSSR count). The molecule has 0 aromatic rings. The van der Waals surface area contributed by atoms with Crippen molar-refractivity contribution in [2.24, 2.45) is 0 Å². The maximum absolute atomic E-state index is 11.7. The molecule has 0 amide bonds. The first-order valence-corrected chi connectivity index (χ1v) is 12.7. The second kappa shape index (κ2) is 25.1. The van der Waals surface area contributed by atoms with Crippen molar-refractivity contribution in [1.82, 2.24) is 0 Å². The molecule has 0 saturated carbocycles. The molecule has 0 fully saturated rings. The number of hydrogen-bond acceptors (Lipinski definition) is 6. The van der Waals surface area contributed by atoms with Gasteiger partial charge in [-0.15, -0.1) is 0 Å². The van der Waals surface area contributed by atoms with Crippen LogP contribution in [-0.2, 0) is 28.5 Å². The highest BCUT2D eigenvalue weighted by atomic mass is 16.6. The first kappa shape index (κ1) is 29.9. The lowest BCUT2D eigenvalue weighted by atomic mass is 10.1. The van der Waals surface area contributed by atoms with Crippen molar-refractivity contribution in [2.45, 2.75) is 110 Å². The van der Waals surface area contributed by atoms with Crippen LogP contribution in [0.5, 0.6) is 0 Å². The fourth-order valence-electron chi connectivity index (χ4n) is 3.17. The standard InChI is InChI=1S/C25H48O6/c1-3-5-7-9-10-11-12-13-15-17-25(27)31-23-21-29-19-18-28-20-22-30-24(26)16-14-8-6-4-2/h3-23H2,1-2H3. The van der Waals surface area contributed by atoms with Crippen LogP contribution >= 0.6 is 0 Å². The predicted octanol–water partition coefficient (Wildman–Crippen LogP) is 6.00. The van der Waals surface area contributed by atoms with Crippen LogP contribution in [0.1, 0.15) is 110 Å². The van der Waals surface area contributed by atoms with Crippen molar-refractivity contribution in [2.75, 3.05) is 39.6 Å². The molecule has 0 aliphatic rings. The Kier molecular flexibility index (Phi) is 24.2. The van der Waals surface area contributed by atoms with Gasteiger partial charge in [0.25, 0.3) is 0 Å². The molecule has 6 heteroatoms. The molecule has 6 nitrogen and oxygen atoms in total. The monoisotopic (exact) mass is 444 g/mol. The number of carbonyl (C=O) groups is 2. The number of carbonyl (C=O) groups excluding carboxylic acids is 2. The van der Waals surface area contributed by atoms with Gasteiger partial charge >= 0.3 is 11.9 Å². The smallest absolute Gasteiger partial charge is 0.305 e. The van der Waals surface area contributed by atoms with E-state index < -0.39 is 0 Å². The number of unbranched alkanes of at least 4 members (excludes halogenated alkanes) is 11. The van der Waals surface area contributed by atoms with Crippen molar-refractivity contribution in [3.8, 4) is 0 Å². The Bertz CT molecular complexity index is 399. The topological polar surface area (TPSA) is 71.1 Å². The molecule has 31 heavy (non-hydrogen) atoms. The third kappa shape index (κ3) is 25.0. The molecular formula is C25H48O6. The van der Waals surface area contributed by atoms with Gasteiger partial charge in [-0.3, -0.25) is 9.59 Å². The van der Waals surface area contributed by atoms with Crippen LogP contribution in [0.3, 0.4) is 0 Å². The Morgan fingerprint density at radius 1 is 0.452 bits per heavy atom.